The minimum atomic E-state index is -2.10. The molecule has 0 spiro atoms. The second kappa shape index (κ2) is 48.6. The molecule has 93 heavy (non-hydrogen) atoms. The van der Waals surface area contributed by atoms with E-state index in [2.05, 4.69) is 24.5 Å². The molecule has 4 aliphatic rings. The third-order valence-corrected chi connectivity index (χ3v) is 18.6. The molecule has 4 rings (SSSR count). The third kappa shape index (κ3) is 29.7. The predicted molar refractivity (Wildman–Crippen MR) is 345 cm³/mol. The molecule has 4 fully saturated rings. The summed E-state index contributed by atoms with van der Waals surface area (Å²) in [6.07, 6.45) is 8.46. The van der Waals surface area contributed by atoms with Crippen molar-refractivity contribution in [2.24, 2.45) is 0 Å². The van der Waals surface area contributed by atoms with Crippen molar-refractivity contribution in [3.05, 3.63) is 12.2 Å². The Morgan fingerprint density at radius 2 is 0.785 bits per heavy atom. The van der Waals surface area contributed by atoms with Crippen LogP contribution in [0.5, 0.6) is 0 Å². The van der Waals surface area contributed by atoms with Gasteiger partial charge in [0.05, 0.1) is 45.2 Å². The Labute approximate surface area is 553 Å². The van der Waals surface area contributed by atoms with E-state index in [9.17, 15) is 76.0 Å². The molecule has 25 nitrogen and oxygen atoms in total. The first-order chi connectivity index (χ1) is 45.0. The quantitative estimate of drug-likeness (QED) is 0.0301. The van der Waals surface area contributed by atoms with Gasteiger partial charge in [-0.3, -0.25) is 9.59 Å². The van der Waals surface area contributed by atoms with Crippen molar-refractivity contribution in [1.29, 1.82) is 0 Å². The van der Waals surface area contributed by atoms with E-state index in [-0.39, 0.29) is 12.3 Å². The highest BCUT2D eigenvalue weighted by Gasteiger charge is 2.56. The van der Waals surface area contributed by atoms with Gasteiger partial charge in [-0.2, -0.15) is 0 Å². The zero-order valence-corrected chi connectivity index (χ0v) is 56.3. The van der Waals surface area contributed by atoms with Gasteiger partial charge >= 0.3 is 0 Å². The summed E-state index contributed by atoms with van der Waals surface area (Å²) in [5.41, 5.74) is 0. The summed E-state index contributed by atoms with van der Waals surface area (Å²) in [4.78, 5) is 25.5. The second-order valence-corrected chi connectivity index (χ2v) is 26.4. The molecule has 0 radical (unpaired) electrons. The summed E-state index contributed by atoms with van der Waals surface area (Å²) in [5, 5.41) is 148. The average Bonchev–Trinajstić information content (AvgIpc) is 1.36. The molecular formula is C68H126N2O23. The Morgan fingerprint density at radius 1 is 0.419 bits per heavy atom. The van der Waals surface area contributed by atoms with Gasteiger partial charge in [0.15, 0.2) is 25.2 Å². The highest BCUT2D eigenvalue weighted by atomic mass is 16.8. The van der Waals surface area contributed by atoms with Crippen LogP contribution in [0.2, 0.25) is 0 Å². The normalized spacial score (nSPS) is 32.4. The van der Waals surface area contributed by atoms with Crippen molar-refractivity contribution in [2.75, 3.05) is 33.0 Å². The highest BCUT2D eigenvalue weighted by Crippen LogP contribution is 2.35. The van der Waals surface area contributed by atoms with Crippen LogP contribution in [0.3, 0.4) is 0 Å². The first-order valence-electron chi connectivity index (χ1n) is 35.9. The number of ether oxygens (including phenoxy) is 8. The second-order valence-electron chi connectivity index (χ2n) is 26.4. The molecular weight excluding hydrogens is 1210 g/mol. The van der Waals surface area contributed by atoms with Gasteiger partial charge in [0.25, 0.3) is 0 Å². The van der Waals surface area contributed by atoms with Crippen LogP contribution < -0.4 is 10.6 Å². The van der Waals surface area contributed by atoms with Gasteiger partial charge in [-0.25, -0.2) is 0 Å². The van der Waals surface area contributed by atoms with Crippen molar-refractivity contribution >= 4 is 11.8 Å². The van der Waals surface area contributed by atoms with Crippen LogP contribution in [-0.4, -0.2) is 246 Å². The van der Waals surface area contributed by atoms with Gasteiger partial charge in [0.1, 0.15) is 97.6 Å². The van der Waals surface area contributed by atoms with Crippen LogP contribution in [-0.2, 0) is 47.5 Å². The van der Waals surface area contributed by atoms with Crippen molar-refractivity contribution < 1.29 is 114 Å². The van der Waals surface area contributed by atoms with Gasteiger partial charge in [0.2, 0.25) is 11.8 Å². The molecule has 0 aromatic rings. The largest absolute Gasteiger partial charge is 0.394 e. The number of amides is 2. The lowest BCUT2D eigenvalue weighted by Gasteiger charge is -2.49. The molecule has 4 heterocycles. The number of hydrogen-bond donors (Lipinski definition) is 15. The number of nitrogens with one attached hydrogen (secondary N) is 2. The summed E-state index contributed by atoms with van der Waals surface area (Å²) >= 11 is 0. The lowest BCUT2D eigenvalue weighted by molar-refractivity contribution is -0.386. The number of allylic oxidation sites excluding steroid dienone is 1. The maximum absolute atomic E-state index is 13.4. The molecule has 0 bridgehead atoms. The smallest absolute Gasteiger partial charge is 0.220 e. The number of carbonyl (C=O) groups excluding carboxylic acids is 2. The SMILES string of the molecule is CCCCCCCCCCCCCC=C[C@@H](O)[C@H](CO[C@@H]1O[C@H](CO)[C@@H](O[C@@H]2O[C@H](CO)[C@H](O[C@H]3O[C@H](CO)[C@H](O)[C@H](O[C@@H]4O[C@H](CO)[C@H](O)[C@H](O)[C@H]4NC(C)=O)[C@H]3O)[C@H](O)[C@H]2O)[C@H](O)[C@H]1O)NC(=O)CCCCCCCCCCCCCCCCCCCCCCC. The number of hydrogen-bond acceptors (Lipinski definition) is 23. The van der Waals surface area contributed by atoms with Crippen molar-refractivity contribution in [1.82, 2.24) is 10.6 Å². The van der Waals surface area contributed by atoms with Crippen LogP contribution in [0.4, 0.5) is 0 Å². The van der Waals surface area contributed by atoms with Crippen LogP contribution in [0.25, 0.3) is 0 Å². The zero-order valence-electron chi connectivity index (χ0n) is 56.3. The van der Waals surface area contributed by atoms with Crippen molar-refractivity contribution in [2.45, 2.75) is 374 Å². The molecule has 546 valence electrons. The Hall–Kier alpha value is -2.16. The molecule has 22 atom stereocenters. The van der Waals surface area contributed by atoms with E-state index in [4.69, 9.17) is 37.9 Å². The van der Waals surface area contributed by atoms with Crippen LogP contribution in [0.15, 0.2) is 12.2 Å². The average molecular weight is 1340 g/mol. The highest BCUT2D eigenvalue weighted by molar-refractivity contribution is 5.76. The Kier molecular flexibility index (Phi) is 43.5. The van der Waals surface area contributed by atoms with E-state index in [1.165, 1.54) is 161 Å². The summed E-state index contributed by atoms with van der Waals surface area (Å²) < 4.78 is 46.5. The number of rotatable bonds is 51. The molecule has 4 aliphatic heterocycles. The molecule has 15 N–H and O–H groups in total. The maximum atomic E-state index is 13.4. The standard InChI is InChI=1S/C68H126N2O23/c1-4-6-8-10-12-14-16-18-19-20-21-22-23-24-25-27-29-31-33-35-37-39-52(77)70-46(47(76)38-36-34-32-30-28-26-17-15-13-11-9-7-5-2)44-86-66-59(83)57(81)62(50(42-73)89-66)91-67-60(84)58(82)63(51(43-74)90-67)92-68-61(85)64(55(79)49(41-72)88-68)93-65-53(69-45(3)75)56(80)54(78)48(40-71)87-65/h36,38,46-51,53-68,71-74,76,78-85H,4-35,37,39-44H2,1-3H3,(H,69,75)(H,70,77)/t46-,47+,48+,49+,50+,51+,53+,54-,55-,56+,57+,58+,59+,60+,61+,62+,63-,64-,65-,66+,67-,68+/m0/s1. The van der Waals surface area contributed by atoms with Gasteiger partial charge in [-0.05, 0) is 19.3 Å². The Balaban J connectivity index is 1.29. The van der Waals surface area contributed by atoms with E-state index in [1.807, 2.05) is 6.08 Å². The van der Waals surface area contributed by atoms with Crippen LogP contribution >= 0.6 is 0 Å². The Bertz CT molecular complexity index is 1930. The molecule has 25 heteroatoms. The minimum Gasteiger partial charge on any atom is -0.394 e. The number of unbranched alkanes of at least 4 members (excludes halogenated alkanes) is 31. The topological polar surface area (TPSA) is 395 Å². The fourth-order valence-corrected chi connectivity index (χ4v) is 12.8. The van der Waals surface area contributed by atoms with Gasteiger partial charge in [-0.1, -0.05) is 219 Å². The van der Waals surface area contributed by atoms with Crippen LogP contribution in [0, 0.1) is 0 Å². The van der Waals surface area contributed by atoms with Crippen LogP contribution in [0.1, 0.15) is 239 Å². The number of aliphatic hydroxyl groups is 13. The fraction of sp³-hybridized carbons (Fsp3) is 0.941. The lowest BCUT2D eigenvalue weighted by Crippen LogP contribution is -2.69. The molecule has 4 saturated heterocycles. The van der Waals surface area contributed by atoms with E-state index in [0.717, 1.165) is 45.4 Å². The van der Waals surface area contributed by atoms with Crippen molar-refractivity contribution in [3.8, 4) is 0 Å². The molecule has 0 aliphatic carbocycles. The Morgan fingerprint density at radius 3 is 1.23 bits per heavy atom. The molecule has 0 saturated carbocycles. The van der Waals surface area contributed by atoms with Gasteiger partial charge in [-0.15, -0.1) is 0 Å². The van der Waals surface area contributed by atoms with E-state index >= 15 is 0 Å². The monoisotopic (exact) mass is 1340 g/mol. The van der Waals surface area contributed by atoms with E-state index < -0.39 is 174 Å². The summed E-state index contributed by atoms with van der Waals surface area (Å²) in [5.74, 6) is -0.999. The predicted octanol–water partition coefficient (Wildman–Crippen LogP) is 4.12. The fourth-order valence-electron chi connectivity index (χ4n) is 12.8. The molecule has 2 amide bonds. The number of carbonyl (C=O) groups is 2. The summed E-state index contributed by atoms with van der Waals surface area (Å²) in [6.45, 7) is 1.65. The summed E-state index contributed by atoms with van der Waals surface area (Å²) in [6, 6.07) is -2.53. The lowest BCUT2D eigenvalue weighted by atomic mass is 9.95. The molecule has 0 aromatic carbocycles. The van der Waals surface area contributed by atoms with Gasteiger partial charge < -0.3 is 115 Å². The van der Waals surface area contributed by atoms with E-state index in [0.29, 0.717) is 12.8 Å². The number of aliphatic hydroxyl groups excluding tert-OH is 13. The summed E-state index contributed by atoms with van der Waals surface area (Å²) in [7, 11) is 0. The maximum Gasteiger partial charge on any atom is 0.220 e. The zero-order chi connectivity index (χ0) is 67.9. The van der Waals surface area contributed by atoms with Gasteiger partial charge in [0, 0.05) is 13.3 Å². The molecule has 0 unspecified atom stereocenters. The third-order valence-electron chi connectivity index (χ3n) is 18.6. The van der Waals surface area contributed by atoms with Crippen molar-refractivity contribution in [3.63, 3.8) is 0 Å². The minimum absolute atomic E-state index is 0.219. The first kappa shape index (κ1) is 83.3. The van der Waals surface area contributed by atoms with E-state index in [1.54, 1.807) is 6.08 Å². The molecule has 0 aromatic heterocycles. The first-order valence-corrected chi connectivity index (χ1v) is 35.9.